The zero-order valence-electron chi connectivity index (χ0n) is 1.72. The van der Waals surface area contributed by atoms with Crippen LogP contribution in [0.4, 0.5) is 0 Å². The lowest BCUT2D eigenvalue weighted by Crippen LogP contribution is -2.15. The molecule has 0 aromatic rings. The van der Waals surface area contributed by atoms with E-state index < -0.39 is 9.17 Å². The summed E-state index contributed by atoms with van der Waals surface area (Å²) in [5, 5.41) is 0. The molecule has 0 aliphatic rings. The van der Waals surface area contributed by atoms with Gasteiger partial charge in [-0.15, -0.1) is 0 Å². The molecule has 0 unspecified atom stereocenters. The Balaban J connectivity index is 2.80. The molecule has 23 valence electrons. The molecule has 0 aromatic heterocycles. The SMILES string of the molecule is [O][Si](=O)[O-]. The summed E-state index contributed by atoms with van der Waals surface area (Å²) in [6.45, 7) is 0. The first-order valence-corrected chi connectivity index (χ1v) is 1.84. The second-order valence-electron chi connectivity index (χ2n) is 0.250. The Morgan fingerprint density at radius 3 is 1.75 bits per heavy atom. The average molecular weight is 76.1 g/mol. The van der Waals surface area contributed by atoms with Crippen molar-refractivity contribution in [3.05, 3.63) is 0 Å². The number of rotatable bonds is 0. The molecule has 0 saturated carbocycles. The first kappa shape index (κ1) is 3.62. The second-order valence-corrected chi connectivity index (χ2v) is 0.750. The molecule has 3 nitrogen and oxygen atoms in total. The summed E-state index contributed by atoms with van der Waals surface area (Å²) in [7, 11) is -3.63. The Morgan fingerprint density at radius 2 is 1.75 bits per heavy atom. The maximum absolute atomic E-state index is 8.52. The topological polar surface area (TPSA) is 60.0 Å². The number of hydrogen-bond donors (Lipinski definition) is 0. The Bertz CT molecular complexity index is 26.3. The predicted octanol–water partition coefficient (Wildman–Crippen LogP) is -1.81. The van der Waals surface area contributed by atoms with Crippen molar-refractivity contribution >= 4 is 9.17 Å². The van der Waals surface area contributed by atoms with Crippen molar-refractivity contribution in [3.63, 3.8) is 0 Å². The van der Waals surface area contributed by atoms with Gasteiger partial charge in [0.1, 0.15) is 0 Å². The zero-order chi connectivity index (χ0) is 3.58. The monoisotopic (exact) mass is 76.0 g/mol. The van der Waals surface area contributed by atoms with E-state index in [1.165, 1.54) is 0 Å². The van der Waals surface area contributed by atoms with Crippen molar-refractivity contribution in [2.75, 3.05) is 0 Å². The van der Waals surface area contributed by atoms with Crippen molar-refractivity contribution in [2.24, 2.45) is 0 Å². The molecule has 0 N–H and O–H groups in total. The lowest BCUT2D eigenvalue weighted by molar-refractivity contribution is -0.229. The highest BCUT2D eigenvalue weighted by atomic mass is 28.3. The molecule has 0 fully saturated rings. The average Bonchev–Trinajstić information content (AvgIpc) is 0.811. The maximum atomic E-state index is 8.52. The van der Waals surface area contributed by atoms with Crippen molar-refractivity contribution in [3.8, 4) is 0 Å². The molecule has 0 bridgehead atoms. The maximum Gasteiger partial charge on any atom is 0.434 e. The van der Waals surface area contributed by atoms with Crippen LogP contribution >= 0.6 is 0 Å². The quantitative estimate of drug-likeness (QED) is 0.319. The fourth-order valence-electron chi connectivity index (χ4n) is 0. The molecule has 0 saturated heterocycles. The second kappa shape index (κ2) is 0.999. The van der Waals surface area contributed by atoms with E-state index in [2.05, 4.69) is 0 Å². The third kappa shape index (κ3) is 4.19. The van der Waals surface area contributed by atoms with E-state index in [-0.39, 0.29) is 0 Å². The minimum atomic E-state index is -3.63. The van der Waals surface area contributed by atoms with E-state index in [9.17, 15) is 0 Å². The summed E-state index contributed by atoms with van der Waals surface area (Å²) in [6, 6.07) is 0. The standard InChI is InChI=1S/O3Si/c1-4(2)3/q-1. The van der Waals surface area contributed by atoms with Gasteiger partial charge in [0.2, 0.25) is 0 Å². The predicted molar refractivity (Wildman–Crippen MR) is 7.13 cm³/mol. The smallest absolute Gasteiger partial charge is 0.434 e. The lowest BCUT2D eigenvalue weighted by atomic mass is 15.8. The Labute approximate surface area is 24.4 Å². The van der Waals surface area contributed by atoms with E-state index in [1.807, 2.05) is 0 Å². The van der Waals surface area contributed by atoms with Crippen molar-refractivity contribution in [2.45, 2.75) is 0 Å². The van der Waals surface area contributed by atoms with Crippen LogP contribution in [0.1, 0.15) is 0 Å². The van der Waals surface area contributed by atoms with Crippen LogP contribution in [0.25, 0.3) is 0 Å². The molecular formula is O3Si-. The first-order chi connectivity index (χ1) is 1.73. The van der Waals surface area contributed by atoms with E-state index in [1.54, 1.807) is 0 Å². The first-order valence-electron chi connectivity index (χ1n) is 0.612. The van der Waals surface area contributed by atoms with Gasteiger partial charge in [-0.25, -0.2) is 0 Å². The Morgan fingerprint density at radius 1 is 1.75 bits per heavy atom. The minimum Gasteiger partial charge on any atom is -0.478 e. The van der Waals surface area contributed by atoms with Crippen molar-refractivity contribution in [1.82, 2.24) is 0 Å². The number of hydrogen-bond acceptors (Lipinski definition) is 2. The Hall–Kier alpha value is -0.383. The molecule has 0 rings (SSSR count). The largest absolute Gasteiger partial charge is 0.478 e. The fourth-order valence-corrected chi connectivity index (χ4v) is 0. The van der Waals surface area contributed by atoms with Crippen LogP contribution in [0, 0.1) is 0 Å². The fraction of sp³-hybridized carbons (Fsp3) is 0. The van der Waals surface area contributed by atoms with E-state index >= 15 is 0 Å². The van der Waals surface area contributed by atoms with Crippen LogP contribution in [0.5, 0.6) is 0 Å². The molecule has 0 atom stereocenters. The van der Waals surface area contributed by atoms with Crippen LogP contribution in [0.2, 0.25) is 0 Å². The third-order valence-electron chi connectivity index (χ3n) is 0. The van der Waals surface area contributed by atoms with Crippen LogP contribution in [-0.4, -0.2) is 9.17 Å². The summed E-state index contributed by atoms with van der Waals surface area (Å²) in [4.78, 5) is 17.0. The van der Waals surface area contributed by atoms with Gasteiger partial charge in [0.25, 0.3) is 0 Å². The normalized spacial score (nSPS) is 6.00. The van der Waals surface area contributed by atoms with Gasteiger partial charge in [-0.1, -0.05) is 0 Å². The third-order valence-corrected chi connectivity index (χ3v) is 0. The van der Waals surface area contributed by atoms with Crippen LogP contribution in [-0.2, 0) is 9.26 Å². The Kier molecular flexibility index (Phi) is 0.903. The van der Waals surface area contributed by atoms with Gasteiger partial charge in [0.15, 0.2) is 0 Å². The molecule has 0 aliphatic heterocycles. The van der Waals surface area contributed by atoms with Gasteiger partial charge >= 0.3 is 9.17 Å². The molecule has 4 heteroatoms. The highest BCUT2D eigenvalue weighted by molar-refractivity contribution is 6.19. The molecular weight excluding hydrogens is 76.1 g/mol. The van der Waals surface area contributed by atoms with E-state index in [4.69, 9.17) is 14.1 Å². The van der Waals surface area contributed by atoms with Gasteiger partial charge in [0.05, 0.1) is 0 Å². The molecule has 0 spiro atoms. The molecule has 0 heterocycles. The van der Waals surface area contributed by atoms with Crippen LogP contribution < -0.4 is 4.80 Å². The molecule has 1 radical (unpaired) electrons. The molecule has 0 amide bonds. The highest BCUT2D eigenvalue weighted by Gasteiger charge is 1.62. The van der Waals surface area contributed by atoms with Crippen LogP contribution in [0.15, 0.2) is 0 Å². The summed E-state index contributed by atoms with van der Waals surface area (Å²) in [5.41, 5.74) is 0. The van der Waals surface area contributed by atoms with Gasteiger partial charge < -0.3 is 14.1 Å². The highest BCUT2D eigenvalue weighted by Crippen LogP contribution is 1.19. The summed E-state index contributed by atoms with van der Waals surface area (Å²) in [6.07, 6.45) is 0. The van der Waals surface area contributed by atoms with Crippen molar-refractivity contribution in [1.29, 1.82) is 0 Å². The van der Waals surface area contributed by atoms with Gasteiger partial charge in [-0.05, 0) is 0 Å². The van der Waals surface area contributed by atoms with Crippen molar-refractivity contribution < 1.29 is 14.1 Å². The van der Waals surface area contributed by atoms with Gasteiger partial charge in [-0.2, -0.15) is 0 Å². The summed E-state index contributed by atoms with van der Waals surface area (Å²) >= 11 is 0. The van der Waals surface area contributed by atoms with Gasteiger partial charge in [-0.3, -0.25) is 0 Å². The molecule has 0 aliphatic carbocycles. The van der Waals surface area contributed by atoms with E-state index in [0.29, 0.717) is 0 Å². The van der Waals surface area contributed by atoms with Crippen LogP contribution in [0.3, 0.4) is 0 Å². The zero-order valence-corrected chi connectivity index (χ0v) is 2.72. The molecule has 0 aromatic carbocycles. The summed E-state index contributed by atoms with van der Waals surface area (Å²) in [5.74, 6) is 0. The lowest BCUT2D eigenvalue weighted by Gasteiger charge is -1.67. The summed E-state index contributed by atoms with van der Waals surface area (Å²) < 4.78 is 8.52. The van der Waals surface area contributed by atoms with Gasteiger partial charge in [0, 0.05) is 0 Å². The molecule has 4 heavy (non-hydrogen) atoms. The van der Waals surface area contributed by atoms with E-state index in [0.717, 1.165) is 0 Å². The minimum absolute atomic E-state index is 3.63.